The van der Waals surface area contributed by atoms with Crippen LogP contribution in [0, 0.1) is 0 Å². The molecule has 3 aliphatic rings. The third kappa shape index (κ3) is 3.99. The summed E-state index contributed by atoms with van der Waals surface area (Å²) in [4.78, 5) is 2.54. The summed E-state index contributed by atoms with van der Waals surface area (Å²) in [7, 11) is 1.69. The molecule has 182 valence electrons. The van der Waals surface area contributed by atoms with Gasteiger partial charge in [0.2, 0.25) is 6.79 Å². The van der Waals surface area contributed by atoms with E-state index in [0.29, 0.717) is 6.61 Å². The van der Waals surface area contributed by atoms with Gasteiger partial charge >= 0.3 is 0 Å². The Morgan fingerprint density at radius 1 is 1.14 bits per heavy atom. The molecule has 3 aromatic rings. The first-order valence-corrected chi connectivity index (χ1v) is 12.2. The second kappa shape index (κ2) is 9.22. The van der Waals surface area contributed by atoms with Crippen molar-refractivity contribution in [3.05, 3.63) is 58.7 Å². The summed E-state index contributed by atoms with van der Waals surface area (Å²) in [5, 5.41) is 12.2. The Bertz CT molecular complexity index is 1260. The molecule has 0 saturated carbocycles. The molecule has 6 rings (SSSR count). The van der Waals surface area contributed by atoms with Crippen molar-refractivity contribution < 1.29 is 18.9 Å². The standard InChI is InChI=1S/C26H29N5O4/c1-3-4-7-33-26-21-13-30-6-5-17-8-23-24(35-16-34-23)11-20(17)22(30)10-19(21)18(9-25(26)32-2)12-29-31-14-27-28-15-31/h8-9,11-12,14-15,22H,3-7,10,13,16H2,1-2H3/b29-12+. The normalized spacial score (nSPS) is 18.3. The van der Waals surface area contributed by atoms with E-state index in [4.69, 9.17) is 18.9 Å². The molecular formula is C26H29N5O4. The minimum Gasteiger partial charge on any atom is -0.493 e. The molecule has 9 nitrogen and oxygen atoms in total. The van der Waals surface area contributed by atoms with Gasteiger partial charge in [-0.3, -0.25) is 4.90 Å². The summed E-state index contributed by atoms with van der Waals surface area (Å²) in [6.07, 6.45) is 8.92. The molecule has 3 aliphatic heterocycles. The lowest BCUT2D eigenvalue weighted by molar-refractivity contribution is 0.155. The Hall–Kier alpha value is -3.59. The van der Waals surface area contributed by atoms with E-state index >= 15 is 0 Å². The first-order chi connectivity index (χ1) is 17.2. The van der Waals surface area contributed by atoms with Crippen LogP contribution in [-0.4, -0.2) is 53.0 Å². The van der Waals surface area contributed by atoms with E-state index in [1.165, 1.54) is 22.3 Å². The fraction of sp³-hybridized carbons (Fsp3) is 0.423. The zero-order chi connectivity index (χ0) is 23.8. The lowest BCUT2D eigenvalue weighted by Gasteiger charge is -2.42. The van der Waals surface area contributed by atoms with E-state index in [0.717, 1.165) is 67.3 Å². The number of unbranched alkanes of at least 4 members (excludes halogenated alkanes) is 1. The van der Waals surface area contributed by atoms with Gasteiger partial charge in [-0.25, -0.2) is 4.68 Å². The second-order valence-corrected chi connectivity index (χ2v) is 9.09. The smallest absolute Gasteiger partial charge is 0.231 e. The maximum Gasteiger partial charge on any atom is 0.231 e. The van der Waals surface area contributed by atoms with Gasteiger partial charge in [0.1, 0.15) is 12.7 Å². The highest BCUT2D eigenvalue weighted by molar-refractivity contribution is 5.84. The molecule has 1 aromatic heterocycles. The summed E-state index contributed by atoms with van der Waals surface area (Å²) < 4.78 is 25.1. The van der Waals surface area contributed by atoms with E-state index in [9.17, 15) is 0 Å². The fourth-order valence-electron chi connectivity index (χ4n) is 5.26. The quantitative estimate of drug-likeness (QED) is 0.380. The van der Waals surface area contributed by atoms with Crippen LogP contribution in [0.1, 0.15) is 53.6 Å². The molecule has 0 amide bonds. The monoisotopic (exact) mass is 475 g/mol. The Morgan fingerprint density at radius 3 is 2.77 bits per heavy atom. The van der Waals surface area contributed by atoms with Gasteiger partial charge in [0, 0.05) is 30.3 Å². The van der Waals surface area contributed by atoms with Crippen molar-refractivity contribution in [2.24, 2.45) is 5.10 Å². The number of fused-ring (bicyclic) bond motifs is 5. The van der Waals surface area contributed by atoms with Gasteiger partial charge in [-0.05, 0) is 54.2 Å². The maximum absolute atomic E-state index is 6.32. The van der Waals surface area contributed by atoms with Crippen LogP contribution in [0.3, 0.4) is 0 Å². The van der Waals surface area contributed by atoms with Crippen LogP contribution in [-0.2, 0) is 19.4 Å². The predicted molar refractivity (Wildman–Crippen MR) is 130 cm³/mol. The summed E-state index contributed by atoms with van der Waals surface area (Å²) in [6.45, 7) is 4.90. The molecular weight excluding hydrogens is 446 g/mol. The van der Waals surface area contributed by atoms with Crippen molar-refractivity contribution in [1.82, 2.24) is 19.8 Å². The van der Waals surface area contributed by atoms with Gasteiger partial charge < -0.3 is 18.9 Å². The van der Waals surface area contributed by atoms with Gasteiger partial charge in [0.05, 0.1) is 19.9 Å². The maximum atomic E-state index is 6.32. The number of ether oxygens (including phenoxy) is 4. The predicted octanol–water partition coefficient (Wildman–Crippen LogP) is 3.73. The highest BCUT2D eigenvalue weighted by atomic mass is 16.7. The summed E-state index contributed by atoms with van der Waals surface area (Å²) in [5.41, 5.74) is 6.09. The Kier molecular flexibility index (Phi) is 5.77. The van der Waals surface area contributed by atoms with Crippen LogP contribution in [0.4, 0.5) is 0 Å². The minimum absolute atomic E-state index is 0.250. The first kappa shape index (κ1) is 21.9. The molecule has 0 bridgehead atoms. The van der Waals surface area contributed by atoms with Crippen LogP contribution in [0.15, 0.2) is 36.0 Å². The highest BCUT2D eigenvalue weighted by Gasteiger charge is 2.36. The average Bonchev–Trinajstić information content (AvgIpc) is 3.57. The van der Waals surface area contributed by atoms with Crippen molar-refractivity contribution in [1.29, 1.82) is 0 Å². The molecule has 0 saturated heterocycles. The molecule has 0 spiro atoms. The van der Waals surface area contributed by atoms with Crippen molar-refractivity contribution in [2.45, 2.75) is 45.2 Å². The molecule has 1 unspecified atom stereocenters. The van der Waals surface area contributed by atoms with Crippen molar-refractivity contribution in [3.8, 4) is 23.0 Å². The summed E-state index contributed by atoms with van der Waals surface area (Å²) in [5.74, 6) is 3.28. The van der Waals surface area contributed by atoms with Gasteiger partial charge in [-0.2, -0.15) is 5.10 Å². The van der Waals surface area contributed by atoms with Crippen LogP contribution in [0.25, 0.3) is 0 Å². The molecule has 0 N–H and O–H groups in total. The first-order valence-electron chi connectivity index (χ1n) is 12.2. The van der Waals surface area contributed by atoms with Crippen molar-refractivity contribution >= 4 is 6.21 Å². The lowest BCUT2D eigenvalue weighted by Crippen LogP contribution is -2.40. The van der Waals surface area contributed by atoms with E-state index in [1.807, 2.05) is 12.3 Å². The molecule has 9 heteroatoms. The zero-order valence-electron chi connectivity index (χ0n) is 20.1. The number of benzene rings is 2. The average molecular weight is 476 g/mol. The molecule has 0 radical (unpaired) electrons. The van der Waals surface area contributed by atoms with Crippen LogP contribution < -0.4 is 18.9 Å². The largest absolute Gasteiger partial charge is 0.493 e. The fourth-order valence-corrected chi connectivity index (χ4v) is 5.26. The van der Waals surface area contributed by atoms with Gasteiger partial charge in [-0.1, -0.05) is 13.3 Å². The molecule has 4 heterocycles. The summed E-state index contributed by atoms with van der Waals surface area (Å²) in [6, 6.07) is 6.62. The molecule has 0 aliphatic carbocycles. The molecule has 1 atom stereocenters. The Morgan fingerprint density at radius 2 is 1.97 bits per heavy atom. The Labute approximate surface area is 204 Å². The molecule has 0 fully saturated rings. The topological polar surface area (TPSA) is 83.2 Å². The van der Waals surface area contributed by atoms with Crippen LogP contribution in [0.5, 0.6) is 23.0 Å². The van der Waals surface area contributed by atoms with Crippen molar-refractivity contribution in [3.63, 3.8) is 0 Å². The van der Waals surface area contributed by atoms with E-state index in [-0.39, 0.29) is 12.8 Å². The SMILES string of the molecule is CCCCOc1c(OC)cc(/C=N/n2cnnc2)c2c1CN1CCc3cc4c(cc3C1C2)OCO4. The van der Waals surface area contributed by atoms with Gasteiger partial charge in [-0.15, -0.1) is 10.2 Å². The second-order valence-electron chi connectivity index (χ2n) is 9.09. The highest BCUT2D eigenvalue weighted by Crippen LogP contribution is 2.47. The zero-order valence-corrected chi connectivity index (χ0v) is 20.1. The van der Waals surface area contributed by atoms with E-state index in [2.05, 4.69) is 39.3 Å². The lowest BCUT2D eigenvalue weighted by atomic mass is 9.82. The number of rotatable bonds is 7. The van der Waals surface area contributed by atoms with E-state index < -0.39 is 0 Å². The van der Waals surface area contributed by atoms with Crippen molar-refractivity contribution in [2.75, 3.05) is 27.1 Å². The number of methoxy groups -OCH3 is 1. The summed E-state index contributed by atoms with van der Waals surface area (Å²) >= 11 is 0. The number of hydrogen-bond acceptors (Lipinski definition) is 8. The molecule has 2 aromatic carbocycles. The van der Waals surface area contributed by atoms with E-state index in [1.54, 1.807) is 24.4 Å². The number of aromatic nitrogens is 3. The van der Waals surface area contributed by atoms with Crippen LogP contribution in [0.2, 0.25) is 0 Å². The van der Waals surface area contributed by atoms with Crippen LogP contribution >= 0.6 is 0 Å². The van der Waals surface area contributed by atoms with Gasteiger partial charge in [0.15, 0.2) is 23.0 Å². The third-order valence-electron chi connectivity index (χ3n) is 7.06. The number of hydrogen-bond donors (Lipinski definition) is 0. The Balaban J connectivity index is 1.43. The van der Waals surface area contributed by atoms with Gasteiger partial charge in [0.25, 0.3) is 0 Å². The molecule has 35 heavy (non-hydrogen) atoms. The third-order valence-corrected chi connectivity index (χ3v) is 7.06. The number of nitrogens with zero attached hydrogens (tertiary/aromatic N) is 5. The minimum atomic E-state index is 0.250.